The van der Waals surface area contributed by atoms with Crippen LogP contribution in [0.3, 0.4) is 0 Å². The highest BCUT2D eigenvalue weighted by Crippen LogP contribution is 2.38. The largest absolute Gasteiger partial charge is 0.397 e. The van der Waals surface area contributed by atoms with Crippen LogP contribution in [0.1, 0.15) is 20.0 Å². The molecule has 2 rings (SSSR count). The van der Waals surface area contributed by atoms with Gasteiger partial charge in [-0.2, -0.15) is 0 Å². The van der Waals surface area contributed by atoms with Crippen LogP contribution in [0.2, 0.25) is 0 Å². The van der Waals surface area contributed by atoms with Gasteiger partial charge in [-0.1, -0.05) is 0 Å². The summed E-state index contributed by atoms with van der Waals surface area (Å²) in [4.78, 5) is 28.1. The van der Waals surface area contributed by atoms with E-state index in [2.05, 4.69) is 15.1 Å². The summed E-state index contributed by atoms with van der Waals surface area (Å²) >= 11 is 1.22. The van der Waals surface area contributed by atoms with E-state index in [9.17, 15) is 9.59 Å². The Balaban J connectivity index is 2.41. The maximum absolute atomic E-state index is 11.8. The number of hydrogen-bond donors (Lipinski definition) is 3. The number of amides is 2. The van der Waals surface area contributed by atoms with Gasteiger partial charge in [-0.15, -0.1) is 11.3 Å². The second-order valence-electron chi connectivity index (χ2n) is 4.76. The molecule has 0 radical (unpaired) electrons. The van der Waals surface area contributed by atoms with E-state index in [1.807, 2.05) is 7.05 Å². The second-order valence-corrected chi connectivity index (χ2v) is 5.76. The van der Waals surface area contributed by atoms with E-state index in [-0.39, 0.29) is 17.2 Å². The fourth-order valence-corrected chi connectivity index (χ4v) is 3.41. The number of hydrogen-bond acceptors (Lipinski definition) is 6. The Hall–Kier alpha value is -1.80. The van der Waals surface area contributed by atoms with Gasteiger partial charge in [0.25, 0.3) is 11.8 Å². The molecule has 2 heterocycles. The molecule has 1 aromatic heterocycles. The molecule has 7 nitrogen and oxygen atoms in total. The molecule has 1 aliphatic rings. The van der Waals surface area contributed by atoms with Crippen LogP contribution in [-0.2, 0) is 0 Å². The molecule has 0 bridgehead atoms. The van der Waals surface area contributed by atoms with E-state index < -0.39 is 5.91 Å². The van der Waals surface area contributed by atoms with E-state index in [4.69, 9.17) is 11.5 Å². The van der Waals surface area contributed by atoms with Crippen molar-refractivity contribution in [3.63, 3.8) is 0 Å². The van der Waals surface area contributed by atoms with E-state index in [1.165, 1.54) is 18.4 Å². The molecule has 1 fully saturated rings. The van der Waals surface area contributed by atoms with Gasteiger partial charge in [0.15, 0.2) is 0 Å². The van der Waals surface area contributed by atoms with Crippen LogP contribution in [0.25, 0.3) is 0 Å². The molecular weight excluding hydrogens is 278 g/mol. The van der Waals surface area contributed by atoms with Gasteiger partial charge in [0.05, 0.1) is 11.3 Å². The number of nitrogens with zero attached hydrogens (tertiary/aromatic N) is 2. The zero-order valence-corrected chi connectivity index (χ0v) is 12.4. The Morgan fingerprint density at radius 1 is 1.25 bits per heavy atom. The van der Waals surface area contributed by atoms with Crippen molar-refractivity contribution in [2.45, 2.75) is 0 Å². The summed E-state index contributed by atoms with van der Waals surface area (Å²) < 4.78 is 0. The van der Waals surface area contributed by atoms with Crippen molar-refractivity contribution < 1.29 is 9.59 Å². The monoisotopic (exact) mass is 297 g/mol. The molecule has 0 aliphatic carbocycles. The summed E-state index contributed by atoms with van der Waals surface area (Å²) in [5, 5.41) is 3.22. The molecule has 0 spiro atoms. The van der Waals surface area contributed by atoms with Crippen LogP contribution in [0, 0.1) is 0 Å². The van der Waals surface area contributed by atoms with Crippen molar-refractivity contribution in [1.29, 1.82) is 0 Å². The number of anilines is 2. The number of thiophene rings is 1. The van der Waals surface area contributed by atoms with Gasteiger partial charge < -0.3 is 26.6 Å². The third kappa shape index (κ3) is 2.56. The van der Waals surface area contributed by atoms with Crippen LogP contribution >= 0.6 is 11.3 Å². The number of rotatable bonds is 3. The molecule has 2 amide bonds. The fraction of sp³-hybridized carbons (Fsp3) is 0.500. The molecule has 110 valence electrons. The lowest BCUT2D eigenvalue weighted by Crippen LogP contribution is -2.44. The Morgan fingerprint density at radius 3 is 2.35 bits per heavy atom. The molecule has 1 aromatic rings. The number of nitrogens with one attached hydrogen (secondary N) is 1. The van der Waals surface area contributed by atoms with Crippen LogP contribution in [0.4, 0.5) is 10.7 Å². The first kappa shape index (κ1) is 14.6. The third-order valence-corrected chi connectivity index (χ3v) is 4.66. The average molecular weight is 297 g/mol. The molecule has 0 atom stereocenters. The molecule has 0 unspecified atom stereocenters. The first-order valence-corrected chi connectivity index (χ1v) is 7.15. The molecule has 0 aromatic carbocycles. The number of piperazine rings is 1. The van der Waals surface area contributed by atoms with Gasteiger partial charge in [-0.3, -0.25) is 9.59 Å². The number of nitrogen functional groups attached to an aromatic ring is 1. The molecular formula is C12H19N5O2S. The minimum absolute atomic E-state index is 0.177. The van der Waals surface area contributed by atoms with Crippen molar-refractivity contribution in [2.75, 3.05) is 50.9 Å². The van der Waals surface area contributed by atoms with Gasteiger partial charge in [-0.25, -0.2) is 0 Å². The molecule has 0 saturated carbocycles. The van der Waals surface area contributed by atoms with E-state index in [1.54, 1.807) is 0 Å². The van der Waals surface area contributed by atoms with Gasteiger partial charge in [0.2, 0.25) is 0 Å². The molecule has 20 heavy (non-hydrogen) atoms. The molecule has 5 N–H and O–H groups in total. The summed E-state index contributed by atoms with van der Waals surface area (Å²) in [5.41, 5.74) is 11.8. The number of likely N-dealkylation sites (N-methyl/N-ethyl adjacent to an activating group) is 1. The number of nitrogens with two attached hydrogens (primary N) is 2. The first-order valence-electron chi connectivity index (χ1n) is 6.33. The Morgan fingerprint density at radius 2 is 1.85 bits per heavy atom. The van der Waals surface area contributed by atoms with Gasteiger partial charge in [-0.05, 0) is 7.05 Å². The topological polar surface area (TPSA) is 105 Å². The lowest BCUT2D eigenvalue weighted by molar-refractivity contribution is 0.0967. The maximum Gasteiger partial charge on any atom is 0.263 e. The number of primary amides is 1. The number of carbonyl (C=O) groups excluding carboxylic acids is 2. The zero-order chi connectivity index (χ0) is 14.9. The first-order chi connectivity index (χ1) is 9.45. The van der Waals surface area contributed by atoms with Crippen LogP contribution in [-0.4, -0.2) is 57.0 Å². The lowest BCUT2D eigenvalue weighted by Gasteiger charge is -2.33. The summed E-state index contributed by atoms with van der Waals surface area (Å²) in [7, 11) is 3.58. The molecule has 8 heteroatoms. The highest BCUT2D eigenvalue weighted by Gasteiger charge is 2.28. The summed E-state index contributed by atoms with van der Waals surface area (Å²) in [5.74, 6) is -0.891. The Bertz CT molecular complexity index is 534. The van der Waals surface area contributed by atoms with Gasteiger partial charge in [0.1, 0.15) is 9.88 Å². The molecule has 1 aliphatic heterocycles. The van der Waals surface area contributed by atoms with Crippen molar-refractivity contribution >= 4 is 33.8 Å². The number of carbonyl (C=O) groups is 2. The minimum Gasteiger partial charge on any atom is -0.397 e. The van der Waals surface area contributed by atoms with Crippen molar-refractivity contribution in [2.24, 2.45) is 5.73 Å². The SMILES string of the molecule is CNC(=O)c1sc(N2CCN(C)CC2)c(C(N)=O)c1N. The van der Waals surface area contributed by atoms with Crippen molar-refractivity contribution in [1.82, 2.24) is 10.2 Å². The van der Waals surface area contributed by atoms with Crippen LogP contribution < -0.4 is 21.7 Å². The lowest BCUT2D eigenvalue weighted by atomic mass is 10.2. The Labute approximate surface area is 121 Å². The van der Waals surface area contributed by atoms with Gasteiger partial charge >= 0.3 is 0 Å². The van der Waals surface area contributed by atoms with Crippen molar-refractivity contribution in [3.8, 4) is 0 Å². The summed E-state index contributed by atoms with van der Waals surface area (Å²) in [6.07, 6.45) is 0. The Kier molecular flexibility index (Phi) is 4.15. The van der Waals surface area contributed by atoms with Crippen LogP contribution in [0.15, 0.2) is 0 Å². The summed E-state index contributed by atoms with van der Waals surface area (Å²) in [6, 6.07) is 0. The third-order valence-electron chi connectivity index (χ3n) is 3.40. The normalized spacial score (nSPS) is 16.2. The standard InChI is InChI=1S/C12H19N5O2S/c1-15-11(19)9-8(13)7(10(14)18)12(20-9)17-5-3-16(2)4-6-17/h3-6,13H2,1-2H3,(H2,14,18)(H,15,19). The average Bonchev–Trinajstić information content (AvgIpc) is 2.76. The van der Waals surface area contributed by atoms with Gasteiger partial charge in [0, 0.05) is 33.2 Å². The van der Waals surface area contributed by atoms with E-state index >= 15 is 0 Å². The molecule has 1 saturated heterocycles. The predicted molar refractivity (Wildman–Crippen MR) is 80.3 cm³/mol. The van der Waals surface area contributed by atoms with E-state index in [0.717, 1.165) is 26.2 Å². The highest BCUT2D eigenvalue weighted by molar-refractivity contribution is 7.19. The fourth-order valence-electron chi connectivity index (χ4n) is 2.18. The second kappa shape index (κ2) is 5.68. The van der Waals surface area contributed by atoms with Crippen LogP contribution in [0.5, 0.6) is 0 Å². The zero-order valence-electron chi connectivity index (χ0n) is 11.6. The van der Waals surface area contributed by atoms with Crippen molar-refractivity contribution in [3.05, 3.63) is 10.4 Å². The predicted octanol–water partition coefficient (Wildman–Crippen LogP) is -0.459. The maximum atomic E-state index is 11.8. The summed E-state index contributed by atoms with van der Waals surface area (Å²) in [6.45, 7) is 3.35. The quantitative estimate of drug-likeness (QED) is 0.700. The van der Waals surface area contributed by atoms with E-state index in [0.29, 0.717) is 9.88 Å². The smallest absolute Gasteiger partial charge is 0.263 e. The highest BCUT2D eigenvalue weighted by atomic mass is 32.1. The minimum atomic E-state index is -0.595.